The average Bonchev–Trinajstić information content (AvgIpc) is 3.79. The van der Waals surface area contributed by atoms with Crippen LogP contribution >= 0.6 is 0 Å². The molecule has 0 atom stereocenters. The Morgan fingerprint density at radius 1 is 0.622 bits per heavy atom. The third-order valence-electron chi connectivity index (χ3n) is 8.88. The molecule has 1 N–H and O–H groups in total. The molecule has 0 bridgehead atoms. The van der Waals surface area contributed by atoms with Crippen LogP contribution in [0.1, 0.15) is 49.4 Å². The summed E-state index contributed by atoms with van der Waals surface area (Å²) >= 11 is 0. The van der Waals surface area contributed by atoms with E-state index in [9.17, 15) is 0 Å². The first-order chi connectivity index (χ1) is 22.3. The SMILES string of the molecule is c1ccc(-c2nnc(-c3ccccc3)c3c2nc(C2CCCCC2)n3Cc2ccc(-c3ccccc3-c3nn[nH]n3)cc2)cc1. The second-order valence-electron chi connectivity index (χ2n) is 11.7. The number of hydrogen-bond donors (Lipinski definition) is 1. The maximum atomic E-state index is 5.44. The van der Waals surface area contributed by atoms with Crippen molar-refractivity contribution in [2.24, 2.45) is 0 Å². The minimum atomic E-state index is 0.402. The lowest BCUT2D eigenvalue weighted by atomic mass is 9.88. The summed E-state index contributed by atoms with van der Waals surface area (Å²) < 4.78 is 2.43. The molecule has 1 saturated carbocycles. The smallest absolute Gasteiger partial charge is 0.205 e. The van der Waals surface area contributed by atoms with Crippen molar-refractivity contribution in [1.29, 1.82) is 0 Å². The summed E-state index contributed by atoms with van der Waals surface area (Å²) in [5, 5.41) is 24.4. The number of rotatable bonds is 7. The fourth-order valence-corrected chi connectivity index (χ4v) is 6.66. The van der Waals surface area contributed by atoms with Gasteiger partial charge in [-0.05, 0) is 34.7 Å². The van der Waals surface area contributed by atoms with Crippen LogP contribution in [-0.2, 0) is 6.54 Å². The van der Waals surface area contributed by atoms with Crippen LogP contribution in [0, 0.1) is 0 Å². The van der Waals surface area contributed by atoms with E-state index in [2.05, 4.69) is 91.9 Å². The highest BCUT2D eigenvalue weighted by atomic mass is 15.5. The molecule has 1 aliphatic rings. The van der Waals surface area contributed by atoms with E-state index in [4.69, 9.17) is 15.2 Å². The minimum absolute atomic E-state index is 0.402. The molecule has 0 unspecified atom stereocenters. The predicted molar refractivity (Wildman–Crippen MR) is 176 cm³/mol. The number of hydrogen-bond acceptors (Lipinski definition) is 6. The van der Waals surface area contributed by atoms with Gasteiger partial charge in [0.1, 0.15) is 22.7 Å². The van der Waals surface area contributed by atoms with Crippen molar-refractivity contribution in [2.75, 3.05) is 0 Å². The van der Waals surface area contributed by atoms with Crippen LogP contribution in [0.3, 0.4) is 0 Å². The average molecular weight is 589 g/mol. The molecule has 0 spiro atoms. The molecule has 1 aliphatic carbocycles. The van der Waals surface area contributed by atoms with E-state index in [0.29, 0.717) is 18.3 Å². The summed E-state index contributed by atoms with van der Waals surface area (Å²) in [4.78, 5) is 5.44. The molecular weight excluding hydrogens is 556 g/mol. The fraction of sp³-hybridized carbons (Fsp3) is 0.189. The second kappa shape index (κ2) is 11.9. The molecule has 1 fully saturated rings. The number of imidazole rings is 1. The zero-order valence-electron chi connectivity index (χ0n) is 24.8. The van der Waals surface area contributed by atoms with E-state index in [1.165, 1.54) is 24.8 Å². The van der Waals surface area contributed by atoms with E-state index in [1.807, 2.05) is 42.5 Å². The van der Waals surface area contributed by atoms with Crippen LogP contribution in [0.4, 0.5) is 0 Å². The largest absolute Gasteiger partial charge is 0.321 e. The number of H-pyrrole nitrogens is 1. The van der Waals surface area contributed by atoms with E-state index >= 15 is 0 Å². The summed E-state index contributed by atoms with van der Waals surface area (Å²) in [5.74, 6) is 2.13. The van der Waals surface area contributed by atoms with E-state index in [0.717, 1.165) is 68.9 Å². The van der Waals surface area contributed by atoms with Crippen LogP contribution in [0.15, 0.2) is 109 Å². The molecule has 4 aromatic carbocycles. The van der Waals surface area contributed by atoms with Gasteiger partial charge in [-0.1, -0.05) is 128 Å². The topological polar surface area (TPSA) is 98.1 Å². The van der Waals surface area contributed by atoms with Gasteiger partial charge < -0.3 is 4.57 Å². The first-order valence-electron chi connectivity index (χ1n) is 15.6. The van der Waals surface area contributed by atoms with Crippen molar-refractivity contribution in [2.45, 2.75) is 44.6 Å². The van der Waals surface area contributed by atoms with Crippen LogP contribution in [0.25, 0.3) is 56.1 Å². The van der Waals surface area contributed by atoms with Gasteiger partial charge in [0.2, 0.25) is 5.82 Å². The van der Waals surface area contributed by atoms with Gasteiger partial charge in [0.05, 0.1) is 5.52 Å². The van der Waals surface area contributed by atoms with E-state index < -0.39 is 0 Å². The van der Waals surface area contributed by atoms with Gasteiger partial charge in [0.15, 0.2) is 0 Å². The number of fused-ring (bicyclic) bond motifs is 1. The van der Waals surface area contributed by atoms with E-state index in [1.54, 1.807) is 0 Å². The van der Waals surface area contributed by atoms with Gasteiger partial charge in [0, 0.05) is 29.2 Å². The number of tetrazole rings is 1. The number of nitrogens with zero attached hydrogens (tertiary/aromatic N) is 7. The van der Waals surface area contributed by atoms with Crippen LogP contribution in [0.2, 0.25) is 0 Å². The van der Waals surface area contributed by atoms with Gasteiger partial charge in [-0.3, -0.25) is 0 Å². The molecule has 3 aromatic heterocycles. The first-order valence-corrected chi connectivity index (χ1v) is 15.6. The lowest BCUT2D eigenvalue weighted by molar-refractivity contribution is 0.420. The normalized spacial score (nSPS) is 13.8. The Bertz CT molecular complexity index is 2040. The van der Waals surface area contributed by atoms with Crippen molar-refractivity contribution in [3.63, 3.8) is 0 Å². The highest BCUT2D eigenvalue weighted by molar-refractivity contribution is 5.97. The molecule has 45 heavy (non-hydrogen) atoms. The summed E-state index contributed by atoms with van der Waals surface area (Å²) in [6.45, 7) is 0.689. The molecule has 0 aliphatic heterocycles. The molecule has 7 aromatic rings. The number of aromatic amines is 1. The number of aromatic nitrogens is 8. The summed E-state index contributed by atoms with van der Waals surface area (Å²) in [5.41, 5.74) is 10.0. The summed E-state index contributed by atoms with van der Waals surface area (Å²) in [6, 6.07) is 37.6. The highest BCUT2D eigenvalue weighted by Crippen LogP contribution is 2.39. The van der Waals surface area contributed by atoms with Gasteiger partial charge in [-0.2, -0.15) is 5.21 Å². The predicted octanol–water partition coefficient (Wildman–Crippen LogP) is 8.10. The Balaban J connectivity index is 1.27. The third-order valence-corrected chi connectivity index (χ3v) is 8.88. The minimum Gasteiger partial charge on any atom is -0.321 e. The van der Waals surface area contributed by atoms with E-state index in [-0.39, 0.29) is 0 Å². The van der Waals surface area contributed by atoms with Crippen molar-refractivity contribution < 1.29 is 0 Å². The Morgan fingerprint density at radius 3 is 1.96 bits per heavy atom. The Morgan fingerprint density at radius 2 is 1.27 bits per heavy atom. The molecule has 3 heterocycles. The Kier molecular flexibility index (Phi) is 7.15. The zero-order valence-corrected chi connectivity index (χ0v) is 24.8. The molecular formula is C37H32N8. The highest BCUT2D eigenvalue weighted by Gasteiger charge is 2.27. The summed E-state index contributed by atoms with van der Waals surface area (Å²) in [7, 11) is 0. The van der Waals surface area contributed by atoms with Crippen molar-refractivity contribution in [3.8, 4) is 45.0 Å². The second-order valence-corrected chi connectivity index (χ2v) is 11.7. The maximum absolute atomic E-state index is 5.44. The lowest BCUT2D eigenvalue weighted by Crippen LogP contribution is -2.13. The van der Waals surface area contributed by atoms with Gasteiger partial charge in [-0.25, -0.2) is 4.98 Å². The molecule has 0 saturated heterocycles. The Hall–Kier alpha value is -5.50. The third kappa shape index (κ3) is 5.18. The first kappa shape index (κ1) is 27.1. The van der Waals surface area contributed by atoms with Crippen LogP contribution in [0.5, 0.6) is 0 Å². The number of benzene rings is 4. The summed E-state index contributed by atoms with van der Waals surface area (Å²) in [6.07, 6.45) is 6.05. The standard InChI is InChI=1S/C37H32N8/c1-4-12-27(13-5-1)32-34-35(33(40-39-32)28-14-6-2-7-15-28)45(37(38-34)29-16-8-3-9-17-29)24-25-20-22-26(23-21-25)30-18-10-11-19-31(30)36-41-43-44-42-36/h1-2,4-7,10-15,18-23,29H,3,8-9,16-17,24H2,(H,41,42,43,44). The van der Waals surface area contributed by atoms with Gasteiger partial charge in [0.25, 0.3) is 0 Å². The molecule has 8 heteroatoms. The fourth-order valence-electron chi connectivity index (χ4n) is 6.66. The molecule has 8 rings (SSSR count). The molecule has 8 nitrogen and oxygen atoms in total. The van der Waals surface area contributed by atoms with Gasteiger partial charge >= 0.3 is 0 Å². The zero-order chi connectivity index (χ0) is 30.0. The van der Waals surface area contributed by atoms with Crippen molar-refractivity contribution >= 4 is 11.0 Å². The lowest BCUT2D eigenvalue weighted by Gasteiger charge is -2.22. The van der Waals surface area contributed by atoms with Crippen molar-refractivity contribution in [3.05, 3.63) is 121 Å². The molecule has 220 valence electrons. The molecule has 0 radical (unpaired) electrons. The molecule has 0 amide bonds. The van der Waals surface area contributed by atoms with Crippen LogP contribution in [-0.4, -0.2) is 40.4 Å². The van der Waals surface area contributed by atoms with Crippen molar-refractivity contribution in [1.82, 2.24) is 40.4 Å². The van der Waals surface area contributed by atoms with Gasteiger partial charge in [-0.15, -0.1) is 20.4 Å². The van der Waals surface area contributed by atoms with Crippen LogP contribution < -0.4 is 0 Å². The monoisotopic (exact) mass is 588 g/mol. The maximum Gasteiger partial charge on any atom is 0.205 e. The number of nitrogens with one attached hydrogen (secondary N) is 1. The quantitative estimate of drug-likeness (QED) is 0.202. The Labute approximate surface area is 261 Å².